The van der Waals surface area contributed by atoms with Gasteiger partial charge in [-0.2, -0.15) is 0 Å². The van der Waals surface area contributed by atoms with Gasteiger partial charge in [0.05, 0.1) is 15.5 Å². The van der Waals surface area contributed by atoms with Gasteiger partial charge >= 0.3 is 0 Å². The Morgan fingerprint density at radius 1 is 0.881 bits per heavy atom. The number of nitrogens with zero attached hydrogens (tertiary/aromatic N) is 1. The molecule has 7 nitrogen and oxygen atoms in total. The minimum absolute atomic E-state index is 0.0265. The molecule has 1 heterocycles. The first-order valence-corrected chi connectivity index (χ1v) is 15.0. The number of rotatable bonds is 9. The zero-order chi connectivity index (χ0) is 29.5. The van der Waals surface area contributed by atoms with E-state index in [0.717, 1.165) is 15.1 Å². The minimum Gasteiger partial charge on any atom is -0.321 e. The minimum atomic E-state index is -0.525. The average Bonchev–Trinajstić information content (AvgIpc) is 3.40. The predicted molar refractivity (Wildman–Crippen MR) is 172 cm³/mol. The molecule has 5 rings (SSSR count). The number of amides is 3. The molecule has 0 radical (unpaired) electrons. The zero-order valence-corrected chi connectivity index (χ0v) is 24.7. The quantitative estimate of drug-likeness (QED) is 0.118. The van der Waals surface area contributed by atoms with Crippen molar-refractivity contribution in [2.45, 2.75) is 17.1 Å². The van der Waals surface area contributed by atoms with Gasteiger partial charge in [-0.3, -0.25) is 14.4 Å². The molecule has 4 aromatic carbocycles. The summed E-state index contributed by atoms with van der Waals surface area (Å²) in [6, 6.07) is 30.5. The Morgan fingerprint density at radius 2 is 1.62 bits per heavy atom. The van der Waals surface area contributed by atoms with Crippen LogP contribution in [0.4, 0.5) is 10.8 Å². The summed E-state index contributed by atoms with van der Waals surface area (Å²) in [5.74, 6) is -1.13. The summed E-state index contributed by atoms with van der Waals surface area (Å²) >= 11 is 9.10. The highest BCUT2D eigenvalue weighted by atomic mass is 35.5. The van der Waals surface area contributed by atoms with Crippen LogP contribution < -0.4 is 16.0 Å². The number of aromatic nitrogens is 1. The Hall–Kier alpha value is -4.44. The molecule has 0 spiro atoms. The van der Waals surface area contributed by atoms with Gasteiger partial charge in [-0.25, -0.2) is 4.98 Å². The third-order valence-electron chi connectivity index (χ3n) is 6.03. The number of benzene rings is 4. The molecule has 42 heavy (non-hydrogen) atoms. The first-order chi connectivity index (χ1) is 20.4. The Bertz CT molecular complexity index is 1760. The van der Waals surface area contributed by atoms with Crippen LogP contribution in [0.2, 0.25) is 5.02 Å². The summed E-state index contributed by atoms with van der Waals surface area (Å²) in [5, 5.41) is 9.01. The standard InChI is InChI=1S/C32H25ClN4O3S2/c1-20(29(38)37-32-36-26-16-7-8-17-28(26)42-32)41-24-14-9-13-23(19-24)34-31(40)27(18-22-12-5-6-15-25(22)33)35-30(39)21-10-3-2-4-11-21/h2-20H,1H3,(H,34,40)(H,35,39)(H,36,37,38)/b27-18+. The predicted octanol–water partition coefficient (Wildman–Crippen LogP) is 7.48. The van der Waals surface area contributed by atoms with E-state index >= 15 is 0 Å². The number of thioether (sulfide) groups is 1. The van der Waals surface area contributed by atoms with E-state index in [-0.39, 0.29) is 11.6 Å². The molecule has 1 unspecified atom stereocenters. The highest BCUT2D eigenvalue weighted by Gasteiger charge is 2.18. The summed E-state index contributed by atoms with van der Waals surface area (Å²) in [5.41, 5.74) is 2.35. The summed E-state index contributed by atoms with van der Waals surface area (Å²) in [6.45, 7) is 1.81. The lowest BCUT2D eigenvalue weighted by molar-refractivity contribution is -0.115. The smallest absolute Gasteiger partial charge is 0.272 e. The van der Waals surface area contributed by atoms with Crippen molar-refractivity contribution in [1.29, 1.82) is 0 Å². The second kappa shape index (κ2) is 13.5. The zero-order valence-electron chi connectivity index (χ0n) is 22.3. The van der Waals surface area contributed by atoms with Crippen LogP contribution in [0, 0.1) is 0 Å². The molecule has 5 aromatic rings. The van der Waals surface area contributed by atoms with Crippen molar-refractivity contribution in [3.63, 3.8) is 0 Å². The Morgan fingerprint density at radius 3 is 2.40 bits per heavy atom. The molecule has 3 N–H and O–H groups in total. The maximum Gasteiger partial charge on any atom is 0.272 e. The van der Waals surface area contributed by atoms with Gasteiger partial charge in [-0.1, -0.05) is 77.5 Å². The third-order valence-corrected chi connectivity index (χ3v) is 8.42. The van der Waals surface area contributed by atoms with Gasteiger partial charge in [0.25, 0.3) is 11.8 Å². The lowest BCUT2D eigenvalue weighted by atomic mass is 10.1. The van der Waals surface area contributed by atoms with Crippen LogP contribution in [0.25, 0.3) is 16.3 Å². The van der Waals surface area contributed by atoms with Crippen LogP contribution in [0.5, 0.6) is 0 Å². The second-order valence-electron chi connectivity index (χ2n) is 9.12. The summed E-state index contributed by atoms with van der Waals surface area (Å²) in [4.78, 5) is 44.4. The number of halogens is 1. The van der Waals surface area contributed by atoms with Gasteiger partial charge < -0.3 is 16.0 Å². The number of nitrogens with one attached hydrogen (secondary N) is 3. The van der Waals surface area contributed by atoms with Crippen LogP contribution in [-0.2, 0) is 9.59 Å². The number of hydrogen-bond donors (Lipinski definition) is 3. The molecular formula is C32H25ClN4O3S2. The molecule has 0 aliphatic heterocycles. The van der Waals surface area contributed by atoms with E-state index in [4.69, 9.17) is 11.6 Å². The molecule has 0 aliphatic carbocycles. The fourth-order valence-corrected chi connectivity index (χ4v) is 5.91. The van der Waals surface area contributed by atoms with Gasteiger partial charge in [0.2, 0.25) is 5.91 Å². The first kappa shape index (κ1) is 29.1. The topological polar surface area (TPSA) is 100 Å². The number of fused-ring (bicyclic) bond motifs is 1. The van der Waals surface area contributed by atoms with Crippen molar-refractivity contribution < 1.29 is 14.4 Å². The summed E-state index contributed by atoms with van der Waals surface area (Å²) < 4.78 is 1.000. The molecule has 10 heteroatoms. The molecule has 0 aliphatic rings. The van der Waals surface area contributed by atoms with Crippen LogP contribution in [0.15, 0.2) is 114 Å². The van der Waals surface area contributed by atoms with Crippen LogP contribution >= 0.6 is 34.7 Å². The average molecular weight is 613 g/mol. The monoisotopic (exact) mass is 612 g/mol. The van der Waals surface area contributed by atoms with Crippen molar-refractivity contribution in [2.75, 3.05) is 10.6 Å². The van der Waals surface area contributed by atoms with Crippen LogP contribution in [0.3, 0.4) is 0 Å². The fraction of sp³-hybridized carbons (Fsp3) is 0.0625. The Kier molecular flexibility index (Phi) is 9.33. The Labute approximate surface area is 256 Å². The van der Waals surface area contributed by atoms with Gasteiger partial charge in [-0.15, -0.1) is 11.8 Å². The van der Waals surface area contributed by atoms with E-state index in [0.29, 0.717) is 27.0 Å². The number of anilines is 2. The highest BCUT2D eigenvalue weighted by Crippen LogP contribution is 2.29. The number of carbonyl (C=O) groups excluding carboxylic acids is 3. The van der Waals surface area contributed by atoms with Crippen molar-refractivity contribution >= 4 is 79.5 Å². The molecule has 1 aromatic heterocycles. The van der Waals surface area contributed by atoms with E-state index in [1.54, 1.807) is 72.8 Å². The summed E-state index contributed by atoms with van der Waals surface area (Å²) in [6.07, 6.45) is 1.53. The number of hydrogen-bond acceptors (Lipinski definition) is 6. The van der Waals surface area contributed by atoms with Gasteiger partial charge in [-0.05, 0) is 67.1 Å². The third kappa shape index (κ3) is 7.44. The number of thiazole rings is 1. The highest BCUT2D eigenvalue weighted by molar-refractivity contribution is 8.00. The molecule has 0 bridgehead atoms. The lowest BCUT2D eigenvalue weighted by Gasteiger charge is -2.14. The second-order valence-corrected chi connectivity index (χ2v) is 12.0. The normalized spacial score (nSPS) is 12.0. The molecular weight excluding hydrogens is 588 g/mol. The number of para-hydroxylation sites is 1. The maximum absolute atomic E-state index is 13.4. The van der Waals surface area contributed by atoms with Crippen molar-refractivity contribution in [2.24, 2.45) is 0 Å². The molecule has 0 fully saturated rings. The summed E-state index contributed by atoms with van der Waals surface area (Å²) in [7, 11) is 0. The lowest BCUT2D eigenvalue weighted by Crippen LogP contribution is -2.30. The van der Waals surface area contributed by atoms with Gasteiger partial charge in [0.1, 0.15) is 5.70 Å². The van der Waals surface area contributed by atoms with E-state index in [9.17, 15) is 14.4 Å². The van der Waals surface area contributed by atoms with E-state index in [1.165, 1.54) is 29.2 Å². The largest absolute Gasteiger partial charge is 0.321 e. The molecule has 1 atom stereocenters. The SMILES string of the molecule is CC(Sc1cccc(NC(=O)/C(=C\c2ccccc2Cl)NC(=O)c2ccccc2)c1)C(=O)Nc1nc2ccccc2s1. The van der Waals surface area contributed by atoms with Gasteiger partial charge in [0.15, 0.2) is 5.13 Å². The van der Waals surface area contributed by atoms with Crippen LogP contribution in [0.1, 0.15) is 22.8 Å². The molecule has 3 amide bonds. The molecule has 0 saturated heterocycles. The van der Waals surface area contributed by atoms with Gasteiger partial charge in [0, 0.05) is 21.2 Å². The van der Waals surface area contributed by atoms with Crippen molar-refractivity contribution in [3.05, 3.63) is 125 Å². The van der Waals surface area contributed by atoms with E-state index in [2.05, 4.69) is 20.9 Å². The first-order valence-electron chi connectivity index (χ1n) is 12.9. The molecule has 0 saturated carbocycles. The Balaban J connectivity index is 1.28. The maximum atomic E-state index is 13.4. The van der Waals surface area contributed by atoms with E-state index in [1.807, 2.05) is 37.3 Å². The number of carbonyl (C=O) groups is 3. The van der Waals surface area contributed by atoms with Crippen molar-refractivity contribution in [1.82, 2.24) is 10.3 Å². The molecule has 210 valence electrons. The van der Waals surface area contributed by atoms with Crippen LogP contribution in [-0.4, -0.2) is 28.0 Å². The fourth-order valence-electron chi connectivity index (χ4n) is 3.93. The van der Waals surface area contributed by atoms with Crippen molar-refractivity contribution in [3.8, 4) is 0 Å². The van der Waals surface area contributed by atoms with E-state index < -0.39 is 17.1 Å².